The Morgan fingerprint density at radius 3 is 2.36 bits per heavy atom. The SMILES string of the molecule is NC(=O)C=O.c1ccn2cccc2c1. The number of aromatic nitrogens is 1. The van der Waals surface area contributed by atoms with Gasteiger partial charge in [-0.1, -0.05) is 6.07 Å². The number of aldehydes is 1. The fourth-order valence-electron chi connectivity index (χ4n) is 0.980. The standard InChI is InChI=1S/C8H7N.C2H3NO2/c1-2-6-9-7-3-5-8(9)4-1;3-2(5)1-4/h1-7H;1H,(H2,3,5). The minimum absolute atomic E-state index is 0.0556. The molecule has 0 saturated heterocycles. The number of nitrogens with zero attached hydrogens (tertiary/aromatic N) is 1. The van der Waals surface area contributed by atoms with Crippen LogP contribution in [0.3, 0.4) is 0 Å². The van der Waals surface area contributed by atoms with Crippen molar-refractivity contribution in [1.82, 2.24) is 4.40 Å². The van der Waals surface area contributed by atoms with Gasteiger partial charge in [-0.25, -0.2) is 0 Å². The number of carbonyl (C=O) groups is 2. The second-order valence-corrected chi connectivity index (χ2v) is 2.56. The average molecular weight is 190 g/mol. The van der Waals surface area contributed by atoms with Gasteiger partial charge in [-0.2, -0.15) is 0 Å². The van der Waals surface area contributed by atoms with E-state index in [1.54, 1.807) is 0 Å². The normalized spacial score (nSPS) is 8.86. The molecule has 0 atom stereocenters. The van der Waals surface area contributed by atoms with E-state index < -0.39 is 5.91 Å². The molecule has 0 spiro atoms. The van der Waals surface area contributed by atoms with Crippen LogP contribution in [0.4, 0.5) is 0 Å². The molecule has 0 aliphatic carbocycles. The summed E-state index contributed by atoms with van der Waals surface area (Å²) < 4.78 is 2.08. The first-order valence-corrected chi connectivity index (χ1v) is 4.00. The van der Waals surface area contributed by atoms with Crippen LogP contribution in [0.2, 0.25) is 0 Å². The monoisotopic (exact) mass is 190 g/mol. The Bertz CT molecular complexity index is 404. The summed E-state index contributed by atoms with van der Waals surface area (Å²) in [5.41, 5.74) is 5.53. The highest BCUT2D eigenvalue weighted by Gasteiger charge is 1.83. The van der Waals surface area contributed by atoms with Gasteiger partial charge in [0.05, 0.1) is 0 Å². The maximum Gasteiger partial charge on any atom is 0.281 e. The van der Waals surface area contributed by atoms with Crippen molar-refractivity contribution >= 4 is 17.7 Å². The molecule has 2 N–H and O–H groups in total. The summed E-state index contributed by atoms with van der Waals surface area (Å²) in [5, 5.41) is 0. The lowest BCUT2D eigenvalue weighted by atomic mass is 10.4. The molecule has 0 aliphatic rings. The summed E-state index contributed by atoms with van der Waals surface area (Å²) in [5.74, 6) is -0.926. The number of hydrogen-bond donors (Lipinski definition) is 1. The second-order valence-electron chi connectivity index (χ2n) is 2.56. The van der Waals surface area contributed by atoms with Crippen molar-refractivity contribution in [3.63, 3.8) is 0 Å². The smallest absolute Gasteiger partial charge is 0.281 e. The zero-order valence-electron chi connectivity index (χ0n) is 7.46. The Kier molecular flexibility index (Phi) is 3.43. The fraction of sp³-hybridized carbons (Fsp3) is 0. The molecule has 0 bridgehead atoms. The first kappa shape index (κ1) is 9.98. The van der Waals surface area contributed by atoms with Gasteiger partial charge in [-0.05, 0) is 24.3 Å². The van der Waals surface area contributed by atoms with Crippen molar-refractivity contribution in [3.05, 3.63) is 42.7 Å². The van der Waals surface area contributed by atoms with Gasteiger partial charge in [0, 0.05) is 17.9 Å². The molecule has 2 aromatic heterocycles. The van der Waals surface area contributed by atoms with E-state index in [0.29, 0.717) is 0 Å². The Morgan fingerprint density at radius 1 is 1.21 bits per heavy atom. The summed E-state index contributed by atoms with van der Waals surface area (Å²) >= 11 is 0. The molecule has 14 heavy (non-hydrogen) atoms. The molecule has 1 amide bonds. The van der Waals surface area contributed by atoms with Crippen LogP contribution < -0.4 is 5.73 Å². The Hall–Kier alpha value is -2.10. The fourth-order valence-corrected chi connectivity index (χ4v) is 0.980. The third-order valence-corrected chi connectivity index (χ3v) is 1.55. The van der Waals surface area contributed by atoms with Gasteiger partial charge in [-0.15, -0.1) is 0 Å². The lowest BCUT2D eigenvalue weighted by Gasteiger charge is -1.88. The van der Waals surface area contributed by atoms with Crippen LogP contribution in [0, 0.1) is 0 Å². The maximum atomic E-state index is 9.22. The molecule has 0 aliphatic heterocycles. The van der Waals surface area contributed by atoms with Gasteiger partial charge in [-0.3, -0.25) is 9.59 Å². The minimum atomic E-state index is -0.926. The molecule has 0 radical (unpaired) electrons. The predicted octanol–water partition coefficient (Wildman–Crippen LogP) is 0.610. The van der Waals surface area contributed by atoms with Crippen LogP contribution in [0.25, 0.3) is 5.52 Å². The van der Waals surface area contributed by atoms with Crippen LogP contribution in [0.1, 0.15) is 0 Å². The van der Waals surface area contributed by atoms with E-state index in [1.807, 2.05) is 30.6 Å². The van der Waals surface area contributed by atoms with Crippen molar-refractivity contribution in [2.45, 2.75) is 0 Å². The molecule has 0 fully saturated rings. The van der Waals surface area contributed by atoms with Gasteiger partial charge in [0.25, 0.3) is 5.91 Å². The molecule has 2 heterocycles. The minimum Gasteiger partial charge on any atom is -0.363 e. The lowest BCUT2D eigenvalue weighted by molar-refractivity contribution is -0.129. The third kappa shape index (κ3) is 2.75. The van der Waals surface area contributed by atoms with E-state index in [1.165, 1.54) is 5.52 Å². The Balaban J connectivity index is 0.000000171. The van der Waals surface area contributed by atoms with E-state index in [9.17, 15) is 4.79 Å². The largest absolute Gasteiger partial charge is 0.363 e. The number of pyridine rings is 1. The summed E-state index contributed by atoms with van der Waals surface area (Å²) in [4.78, 5) is 18.3. The topological polar surface area (TPSA) is 64.6 Å². The quantitative estimate of drug-likeness (QED) is 0.529. The zero-order chi connectivity index (χ0) is 10.4. The first-order chi connectivity index (χ1) is 6.74. The molecule has 2 aromatic rings. The van der Waals surface area contributed by atoms with Crippen LogP contribution in [0.15, 0.2) is 42.7 Å². The number of nitrogens with two attached hydrogens (primary N) is 1. The zero-order valence-corrected chi connectivity index (χ0v) is 7.46. The van der Waals surface area contributed by atoms with E-state index in [4.69, 9.17) is 4.79 Å². The number of fused-ring (bicyclic) bond motifs is 1. The molecule has 4 nitrogen and oxygen atoms in total. The molecule has 4 heteroatoms. The van der Waals surface area contributed by atoms with E-state index in [2.05, 4.69) is 22.3 Å². The number of hydrogen-bond acceptors (Lipinski definition) is 2. The van der Waals surface area contributed by atoms with Gasteiger partial charge >= 0.3 is 0 Å². The van der Waals surface area contributed by atoms with Gasteiger partial charge in [0.1, 0.15) is 0 Å². The van der Waals surface area contributed by atoms with Gasteiger partial charge in [0.2, 0.25) is 6.29 Å². The number of rotatable bonds is 1. The molecule has 0 aromatic carbocycles. The van der Waals surface area contributed by atoms with Crippen LogP contribution in [-0.2, 0) is 9.59 Å². The molecule has 0 saturated carbocycles. The summed E-state index contributed by atoms with van der Waals surface area (Å²) in [6.45, 7) is 0. The second kappa shape index (κ2) is 4.81. The van der Waals surface area contributed by atoms with Crippen molar-refractivity contribution in [2.75, 3.05) is 0 Å². The maximum absolute atomic E-state index is 9.22. The Labute approximate surface area is 80.9 Å². The van der Waals surface area contributed by atoms with E-state index in [0.717, 1.165) is 0 Å². The van der Waals surface area contributed by atoms with Crippen molar-refractivity contribution in [3.8, 4) is 0 Å². The van der Waals surface area contributed by atoms with E-state index in [-0.39, 0.29) is 6.29 Å². The number of amides is 1. The highest BCUT2D eigenvalue weighted by Crippen LogP contribution is 2.01. The number of primary amides is 1. The van der Waals surface area contributed by atoms with Crippen LogP contribution >= 0.6 is 0 Å². The van der Waals surface area contributed by atoms with E-state index >= 15 is 0 Å². The third-order valence-electron chi connectivity index (χ3n) is 1.55. The summed E-state index contributed by atoms with van der Waals surface area (Å²) in [7, 11) is 0. The van der Waals surface area contributed by atoms with Crippen LogP contribution in [-0.4, -0.2) is 16.6 Å². The molecule has 0 unspecified atom stereocenters. The summed E-state index contributed by atoms with van der Waals surface area (Å²) in [6, 6.07) is 10.3. The molecular formula is C10H10N2O2. The van der Waals surface area contributed by atoms with Crippen molar-refractivity contribution in [2.24, 2.45) is 5.73 Å². The molecular weight excluding hydrogens is 180 g/mol. The molecule has 72 valence electrons. The van der Waals surface area contributed by atoms with Crippen molar-refractivity contribution in [1.29, 1.82) is 0 Å². The van der Waals surface area contributed by atoms with Gasteiger partial charge < -0.3 is 10.1 Å². The number of carbonyl (C=O) groups excluding carboxylic acids is 2. The predicted molar refractivity (Wildman–Crippen MR) is 52.7 cm³/mol. The average Bonchev–Trinajstić information content (AvgIpc) is 2.66. The van der Waals surface area contributed by atoms with Crippen LogP contribution in [0.5, 0.6) is 0 Å². The van der Waals surface area contributed by atoms with Crippen molar-refractivity contribution < 1.29 is 9.59 Å². The molecule has 2 rings (SSSR count). The highest BCUT2D eigenvalue weighted by molar-refractivity contribution is 6.22. The lowest BCUT2D eigenvalue weighted by Crippen LogP contribution is -2.10. The Morgan fingerprint density at radius 2 is 1.79 bits per heavy atom. The first-order valence-electron chi connectivity index (χ1n) is 4.00. The van der Waals surface area contributed by atoms with Gasteiger partial charge in [0.15, 0.2) is 0 Å². The highest BCUT2D eigenvalue weighted by atomic mass is 16.2. The summed E-state index contributed by atoms with van der Waals surface area (Å²) in [6.07, 6.45) is 4.13.